The third kappa shape index (κ3) is 7.18. The summed E-state index contributed by atoms with van der Waals surface area (Å²) >= 11 is 6.13. The maximum atomic E-state index is 11.9. The average molecular weight is 509 g/mol. The average Bonchev–Trinajstić information content (AvgIpc) is 2.86. The van der Waals surface area contributed by atoms with Crippen molar-refractivity contribution in [2.24, 2.45) is 5.92 Å². The summed E-state index contributed by atoms with van der Waals surface area (Å²) in [6.07, 6.45) is 5.51. The van der Waals surface area contributed by atoms with Crippen molar-refractivity contribution >= 4 is 40.6 Å². The molecule has 2 aromatic carbocycles. The first kappa shape index (κ1) is 25.9. The minimum Gasteiger partial charge on any atom is -0.458 e. The van der Waals surface area contributed by atoms with E-state index in [1.165, 1.54) is 0 Å². The lowest BCUT2D eigenvalue weighted by Crippen LogP contribution is -2.36. The Balaban J connectivity index is 1.40. The third-order valence-corrected chi connectivity index (χ3v) is 6.12. The number of hydrogen-bond acceptors (Lipinski definition) is 7. The number of para-hydroxylation sites is 1. The van der Waals surface area contributed by atoms with Crippen LogP contribution >= 0.6 is 11.6 Å². The molecule has 0 aliphatic carbocycles. The Morgan fingerprint density at radius 3 is 2.36 bits per heavy atom. The SMILES string of the molecule is CC(C)(C)OC(=O)COCC1CCN(c2cncc(N(c3ccccc3)c3ccc(Cl)cc3)n2)CC1. The number of rotatable bonds is 8. The van der Waals surface area contributed by atoms with Gasteiger partial charge in [0.25, 0.3) is 0 Å². The van der Waals surface area contributed by atoms with E-state index in [0.29, 0.717) is 17.5 Å². The molecule has 0 unspecified atom stereocenters. The molecule has 7 nitrogen and oxygen atoms in total. The van der Waals surface area contributed by atoms with Gasteiger partial charge in [0.15, 0.2) is 5.82 Å². The van der Waals surface area contributed by atoms with E-state index in [4.69, 9.17) is 26.1 Å². The molecular weight excluding hydrogens is 476 g/mol. The fraction of sp³-hybridized carbons (Fsp3) is 0.393. The molecule has 0 saturated carbocycles. The van der Waals surface area contributed by atoms with Crippen LogP contribution in [0.15, 0.2) is 67.0 Å². The van der Waals surface area contributed by atoms with Gasteiger partial charge in [-0.1, -0.05) is 29.8 Å². The monoisotopic (exact) mass is 508 g/mol. The first-order valence-electron chi connectivity index (χ1n) is 12.3. The second-order valence-electron chi connectivity index (χ2n) is 9.91. The molecule has 1 aliphatic heterocycles. The highest BCUT2D eigenvalue weighted by molar-refractivity contribution is 6.30. The molecule has 0 bridgehead atoms. The summed E-state index contributed by atoms with van der Waals surface area (Å²) in [4.78, 5) is 25.7. The normalized spacial score (nSPS) is 14.5. The zero-order valence-electron chi connectivity index (χ0n) is 21.1. The smallest absolute Gasteiger partial charge is 0.332 e. The van der Waals surface area contributed by atoms with Crippen molar-refractivity contribution < 1.29 is 14.3 Å². The summed E-state index contributed by atoms with van der Waals surface area (Å²) in [6.45, 7) is 7.81. The topological polar surface area (TPSA) is 67.8 Å². The Morgan fingerprint density at radius 2 is 1.69 bits per heavy atom. The van der Waals surface area contributed by atoms with Crippen molar-refractivity contribution in [3.8, 4) is 0 Å². The molecule has 0 spiro atoms. The minimum absolute atomic E-state index is 0.00890. The quantitative estimate of drug-likeness (QED) is 0.337. The fourth-order valence-corrected chi connectivity index (χ4v) is 4.32. The summed E-state index contributed by atoms with van der Waals surface area (Å²) in [6, 6.07) is 17.8. The second kappa shape index (κ2) is 11.7. The molecular formula is C28H33ClN4O3. The molecule has 2 heterocycles. The van der Waals surface area contributed by atoms with Gasteiger partial charge in [-0.2, -0.15) is 0 Å². The first-order valence-corrected chi connectivity index (χ1v) is 12.6. The van der Waals surface area contributed by atoms with Crippen molar-refractivity contribution in [3.05, 3.63) is 72.0 Å². The summed E-state index contributed by atoms with van der Waals surface area (Å²) in [5.74, 6) is 1.66. The van der Waals surface area contributed by atoms with Gasteiger partial charge in [-0.05, 0) is 75.9 Å². The van der Waals surface area contributed by atoms with Gasteiger partial charge in [0.05, 0.1) is 19.0 Å². The summed E-state index contributed by atoms with van der Waals surface area (Å²) in [5.41, 5.74) is 1.45. The number of aromatic nitrogens is 2. The lowest BCUT2D eigenvalue weighted by molar-refractivity contribution is -0.160. The number of hydrogen-bond donors (Lipinski definition) is 0. The van der Waals surface area contributed by atoms with Crippen molar-refractivity contribution in [3.63, 3.8) is 0 Å². The van der Waals surface area contributed by atoms with Gasteiger partial charge in [0.2, 0.25) is 0 Å². The van der Waals surface area contributed by atoms with Crippen molar-refractivity contribution in [1.82, 2.24) is 9.97 Å². The van der Waals surface area contributed by atoms with Gasteiger partial charge < -0.3 is 14.4 Å². The van der Waals surface area contributed by atoms with Crippen LogP contribution in [0, 0.1) is 5.92 Å². The first-order chi connectivity index (χ1) is 17.3. The van der Waals surface area contributed by atoms with Crippen LogP contribution in [0.4, 0.5) is 23.0 Å². The number of carbonyl (C=O) groups is 1. The van der Waals surface area contributed by atoms with E-state index in [0.717, 1.165) is 48.9 Å². The number of nitrogens with zero attached hydrogens (tertiary/aromatic N) is 4. The lowest BCUT2D eigenvalue weighted by atomic mass is 9.98. The number of carbonyl (C=O) groups excluding carboxylic acids is 1. The molecule has 190 valence electrons. The lowest BCUT2D eigenvalue weighted by Gasteiger charge is -2.33. The number of halogens is 1. The molecule has 0 N–H and O–H groups in total. The van der Waals surface area contributed by atoms with Gasteiger partial charge in [0, 0.05) is 29.5 Å². The highest BCUT2D eigenvalue weighted by Gasteiger charge is 2.23. The fourth-order valence-electron chi connectivity index (χ4n) is 4.20. The Labute approximate surface area is 218 Å². The van der Waals surface area contributed by atoms with Gasteiger partial charge in [-0.25, -0.2) is 9.78 Å². The van der Waals surface area contributed by atoms with Crippen molar-refractivity contribution in [1.29, 1.82) is 0 Å². The number of piperidine rings is 1. The van der Waals surface area contributed by atoms with Crippen LogP contribution in [0.2, 0.25) is 5.02 Å². The number of benzene rings is 2. The van der Waals surface area contributed by atoms with E-state index in [-0.39, 0.29) is 12.6 Å². The minimum atomic E-state index is -0.495. The van der Waals surface area contributed by atoms with Crippen LogP contribution in [0.1, 0.15) is 33.6 Å². The molecule has 1 saturated heterocycles. The van der Waals surface area contributed by atoms with Crippen molar-refractivity contribution in [2.45, 2.75) is 39.2 Å². The molecule has 1 aliphatic rings. The molecule has 1 aromatic heterocycles. The predicted octanol–water partition coefficient (Wildman–Crippen LogP) is 6.17. The second-order valence-corrected chi connectivity index (χ2v) is 10.4. The predicted molar refractivity (Wildman–Crippen MR) is 143 cm³/mol. The molecule has 0 atom stereocenters. The maximum Gasteiger partial charge on any atom is 0.332 e. The van der Waals surface area contributed by atoms with Crippen molar-refractivity contribution in [2.75, 3.05) is 36.1 Å². The molecule has 36 heavy (non-hydrogen) atoms. The number of esters is 1. The molecule has 0 amide bonds. The van der Waals surface area contributed by atoms with Crippen LogP contribution in [0.3, 0.4) is 0 Å². The van der Waals surface area contributed by atoms with Crippen LogP contribution in [0.5, 0.6) is 0 Å². The Bertz CT molecular complexity index is 1130. The Morgan fingerprint density at radius 1 is 1.03 bits per heavy atom. The van der Waals surface area contributed by atoms with Crippen LogP contribution < -0.4 is 9.80 Å². The van der Waals surface area contributed by atoms with E-state index >= 15 is 0 Å². The largest absolute Gasteiger partial charge is 0.458 e. The third-order valence-electron chi connectivity index (χ3n) is 5.87. The summed E-state index contributed by atoms with van der Waals surface area (Å²) in [5, 5.41) is 0.685. The van der Waals surface area contributed by atoms with E-state index < -0.39 is 5.60 Å². The van der Waals surface area contributed by atoms with E-state index in [1.807, 2.05) is 81.6 Å². The van der Waals surface area contributed by atoms with E-state index in [2.05, 4.69) is 14.8 Å². The van der Waals surface area contributed by atoms with Gasteiger partial charge in [0.1, 0.15) is 18.0 Å². The van der Waals surface area contributed by atoms with Crippen LogP contribution in [-0.2, 0) is 14.3 Å². The molecule has 3 aromatic rings. The molecule has 0 radical (unpaired) electrons. The van der Waals surface area contributed by atoms with E-state index in [1.54, 1.807) is 6.20 Å². The standard InChI is InChI=1S/C28H33ClN4O3/c1-28(2,3)36-27(34)20-35-19-21-13-15-32(16-14-21)25-17-30-18-26(31-25)33(23-7-5-4-6-8-23)24-11-9-22(29)10-12-24/h4-12,17-18,21H,13-16,19-20H2,1-3H3. The molecule has 1 fully saturated rings. The molecule has 4 rings (SSSR count). The highest BCUT2D eigenvalue weighted by atomic mass is 35.5. The van der Waals surface area contributed by atoms with E-state index in [9.17, 15) is 4.79 Å². The molecule has 8 heteroatoms. The zero-order chi connectivity index (χ0) is 25.5. The summed E-state index contributed by atoms with van der Waals surface area (Å²) < 4.78 is 10.9. The van der Waals surface area contributed by atoms with Gasteiger partial charge in [-0.15, -0.1) is 0 Å². The van der Waals surface area contributed by atoms with Crippen LogP contribution in [-0.4, -0.2) is 47.8 Å². The number of anilines is 4. The summed E-state index contributed by atoms with van der Waals surface area (Å²) in [7, 11) is 0. The Hall–Kier alpha value is -3.16. The highest BCUT2D eigenvalue weighted by Crippen LogP contribution is 2.34. The number of ether oxygens (including phenoxy) is 2. The van der Waals surface area contributed by atoms with Gasteiger partial charge in [-0.3, -0.25) is 9.88 Å². The van der Waals surface area contributed by atoms with Gasteiger partial charge >= 0.3 is 5.97 Å². The zero-order valence-corrected chi connectivity index (χ0v) is 21.8. The van der Waals surface area contributed by atoms with Crippen LogP contribution in [0.25, 0.3) is 0 Å². The maximum absolute atomic E-state index is 11.9. The Kier molecular flexibility index (Phi) is 8.44.